The minimum Gasteiger partial charge on any atom is -0.493 e. The van der Waals surface area contributed by atoms with Gasteiger partial charge in [0.1, 0.15) is 17.1 Å². The lowest BCUT2D eigenvalue weighted by Gasteiger charge is -2.19. The zero-order chi connectivity index (χ0) is 27.9. The molecule has 0 aliphatic carbocycles. The normalized spacial score (nSPS) is 11.4. The molecule has 3 rings (SSSR count). The van der Waals surface area contributed by atoms with Crippen molar-refractivity contribution < 1.29 is 23.8 Å². The summed E-state index contributed by atoms with van der Waals surface area (Å²) in [6.45, 7) is 11.9. The summed E-state index contributed by atoms with van der Waals surface area (Å²) < 4.78 is 18.1. The van der Waals surface area contributed by atoms with Crippen LogP contribution >= 0.6 is 0 Å². The van der Waals surface area contributed by atoms with Crippen molar-refractivity contribution in [3.63, 3.8) is 0 Å². The third-order valence-corrected chi connectivity index (χ3v) is 5.56. The summed E-state index contributed by atoms with van der Waals surface area (Å²) in [7, 11) is 0. The van der Waals surface area contributed by atoms with Gasteiger partial charge in [-0.15, -0.1) is 0 Å². The molecule has 1 N–H and O–H groups in total. The molecule has 1 aromatic carbocycles. The second-order valence-electron chi connectivity index (χ2n) is 10.3. The van der Waals surface area contributed by atoms with E-state index in [1.54, 1.807) is 30.7 Å². The number of aryl methyl sites for hydroxylation is 1. The Balaban J connectivity index is 1.96. The highest BCUT2D eigenvalue weighted by Crippen LogP contribution is 2.34. The van der Waals surface area contributed by atoms with E-state index in [2.05, 4.69) is 10.3 Å². The molecule has 0 bridgehead atoms. The molecule has 0 radical (unpaired) electrons. The van der Waals surface area contributed by atoms with Crippen molar-refractivity contribution in [1.82, 2.24) is 9.55 Å². The van der Waals surface area contributed by atoms with Crippen LogP contribution in [-0.2, 0) is 20.8 Å². The maximum Gasteiger partial charge on any atom is 0.412 e. The van der Waals surface area contributed by atoms with Crippen molar-refractivity contribution in [3.05, 3.63) is 52.9 Å². The van der Waals surface area contributed by atoms with Crippen LogP contribution in [-0.4, -0.2) is 40.9 Å². The number of anilines is 1. The van der Waals surface area contributed by atoms with E-state index in [0.29, 0.717) is 47.5 Å². The zero-order valence-corrected chi connectivity index (χ0v) is 23.0. The first kappa shape index (κ1) is 28.7. The first-order valence-electron chi connectivity index (χ1n) is 12.9. The third kappa shape index (κ3) is 7.12. The average molecular weight is 524 g/mol. The summed E-state index contributed by atoms with van der Waals surface area (Å²) in [5, 5.41) is 3.40. The van der Waals surface area contributed by atoms with Gasteiger partial charge in [-0.3, -0.25) is 19.5 Å². The molecule has 38 heavy (non-hydrogen) atoms. The molecular formula is C29H37N3O6. The van der Waals surface area contributed by atoms with Gasteiger partial charge in [0.2, 0.25) is 0 Å². The largest absolute Gasteiger partial charge is 0.493 e. The second-order valence-corrected chi connectivity index (χ2v) is 10.3. The number of rotatable bonds is 10. The third-order valence-electron chi connectivity index (χ3n) is 5.56. The summed E-state index contributed by atoms with van der Waals surface area (Å²) in [4.78, 5) is 42.6. The Morgan fingerprint density at radius 2 is 1.87 bits per heavy atom. The topological polar surface area (TPSA) is 109 Å². The summed E-state index contributed by atoms with van der Waals surface area (Å²) in [5.74, 6) is 0.323. The quantitative estimate of drug-likeness (QED) is 0.265. The number of fused-ring (bicyclic) bond motifs is 1. The average Bonchev–Trinajstić information content (AvgIpc) is 2.85. The number of nitrogens with one attached hydrogen (secondary N) is 1. The number of aromatic nitrogens is 2. The molecule has 204 valence electrons. The second kappa shape index (κ2) is 12.6. The molecule has 3 aromatic rings. The van der Waals surface area contributed by atoms with Gasteiger partial charge >= 0.3 is 12.1 Å². The maximum atomic E-state index is 13.6. The number of esters is 1. The Bertz CT molecular complexity index is 1340. The molecule has 0 saturated carbocycles. The summed E-state index contributed by atoms with van der Waals surface area (Å²) >= 11 is 0. The number of nitrogens with zero attached hydrogens (tertiary/aromatic N) is 2. The van der Waals surface area contributed by atoms with Crippen molar-refractivity contribution in [2.75, 3.05) is 18.5 Å². The Labute approximate surface area is 223 Å². The fourth-order valence-electron chi connectivity index (χ4n) is 3.84. The van der Waals surface area contributed by atoms with Gasteiger partial charge in [-0.1, -0.05) is 19.1 Å². The summed E-state index contributed by atoms with van der Waals surface area (Å²) in [5.41, 5.74) is 0.961. The molecule has 2 heterocycles. The van der Waals surface area contributed by atoms with Crippen LogP contribution in [0, 0.1) is 5.41 Å². The number of ether oxygens (including phenoxy) is 3. The Morgan fingerprint density at radius 3 is 2.55 bits per heavy atom. The van der Waals surface area contributed by atoms with E-state index in [4.69, 9.17) is 14.2 Å². The van der Waals surface area contributed by atoms with Crippen molar-refractivity contribution in [1.29, 1.82) is 0 Å². The van der Waals surface area contributed by atoms with Gasteiger partial charge in [0, 0.05) is 30.1 Å². The molecule has 9 heteroatoms. The lowest BCUT2D eigenvalue weighted by molar-refractivity contribution is -0.153. The standard InChI is InChI=1S/C29H37N3O6/c1-7-15-32-25-22(13-9-14-30-25)23(24(26(32)33)31-28(35)38-19(2)3)20-11-8-12-21(18-20)36-16-10-17-37-27(34)29(4,5)6/h8-9,11-14,18-19H,7,10,15-17H2,1-6H3,(H,31,35). The molecular weight excluding hydrogens is 486 g/mol. The number of carbonyl (C=O) groups is 2. The highest BCUT2D eigenvalue weighted by atomic mass is 16.6. The van der Waals surface area contributed by atoms with Crippen molar-refractivity contribution >= 4 is 28.8 Å². The van der Waals surface area contributed by atoms with E-state index >= 15 is 0 Å². The SMILES string of the molecule is CCCn1c(=O)c(NC(=O)OC(C)C)c(-c2cccc(OCCCOC(=O)C(C)(C)C)c2)c2cccnc21. The van der Waals surface area contributed by atoms with Gasteiger partial charge in [-0.25, -0.2) is 9.78 Å². The molecule has 0 aliphatic rings. The Hall–Kier alpha value is -3.88. The number of pyridine rings is 2. The highest BCUT2D eigenvalue weighted by molar-refractivity contribution is 6.03. The summed E-state index contributed by atoms with van der Waals surface area (Å²) in [6, 6.07) is 11.0. The highest BCUT2D eigenvalue weighted by Gasteiger charge is 2.23. The predicted octanol–water partition coefficient (Wildman–Crippen LogP) is 5.79. The first-order valence-corrected chi connectivity index (χ1v) is 12.9. The van der Waals surface area contributed by atoms with Crippen molar-refractivity contribution in [2.24, 2.45) is 5.41 Å². The van der Waals surface area contributed by atoms with Gasteiger partial charge in [0.15, 0.2) is 0 Å². The Kier molecular flexibility index (Phi) is 9.50. The molecule has 2 aromatic heterocycles. The number of carbonyl (C=O) groups excluding carboxylic acids is 2. The van der Waals surface area contributed by atoms with E-state index in [1.807, 2.05) is 58.0 Å². The number of hydrogen-bond acceptors (Lipinski definition) is 7. The van der Waals surface area contributed by atoms with Gasteiger partial charge in [0.25, 0.3) is 5.56 Å². The molecule has 9 nitrogen and oxygen atoms in total. The van der Waals surface area contributed by atoms with Crippen LogP contribution in [0.3, 0.4) is 0 Å². The van der Waals surface area contributed by atoms with Gasteiger partial charge in [-0.2, -0.15) is 0 Å². The van der Waals surface area contributed by atoms with Crippen LogP contribution < -0.4 is 15.6 Å². The Morgan fingerprint density at radius 1 is 1.11 bits per heavy atom. The van der Waals surface area contributed by atoms with E-state index < -0.39 is 11.5 Å². The maximum absolute atomic E-state index is 13.6. The predicted molar refractivity (Wildman–Crippen MR) is 147 cm³/mol. The van der Waals surface area contributed by atoms with Crippen LogP contribution in [0.25, 0.3) is 22.2 Å². The van der Waals surface area contributed by atoms with E-state index in [-0.39, 0.29) is 29.9 Å². The van der Waals surface area contributed by atoms with E-state index in [9.17, 15) is 14.4 Å². The van der Waals surface area contributed by atoms with Crippen LogP contribution in [0.2, 0.25) is 0 Å². The molecule has 0 atom stereocenters. The minimum absolute atomic E-state index is 0.121. The number of amides is 1. The summed E-state index contributed by atoms with van der Waals surface area (Å²) in [6.07, 6.45) is 1.83. The molecule has 0 fully saturated rings. The van der Waals surface area contributed by atoms with Crippen LogP contribution in [0.5, 0.6) is 5.75 Å². The number of benzene rings is 1. The molecule has 0 aliphatic heterocycles. The lowest BCUT2D eigenvalue weighted by atomic mass is 9.97. The van der Waals surface area contributed by atoms with E-state index in [1.165, 1.54) is 0 Å². The lowest BCUT2D eigenvalue weighted by Crippen LogP contribution is -2.29. The van der Waals surface area contributed by atoms with Crippen LogP contribution in [0.4, 0.5) is 10.5 Å². The zero-order valence-electron chi connectivity index (χ0n) is 23.0. The van der Waals surface area contributed by atoms with Gasteiger partial charge in [-0.05, 0) is 70.9 Å². The van der Waals surface area contributed by atoms with Gasteiger partial charge in [0.05, 0.1) is 24.7 Å². The monoisotopic (exact) mass is 523 g/mol. The molecule has 0 spiro atoms. The van der Waals surface area contributed by atoms with Gasteiger partial charge < -0.3 is 14.2 Å². The minimum atomic E-state index is -0.707. The van der Waals surface area contributed by atoms with E-state index in [0.717, 1.165) is 6.42 Å². The molecule has 0 unspecified atom stereocenters. The number of hydrogen-bond donors (Lipinski definition) is 1. The van der Waals surface area contributed by atoms with Crippen molar-refractivity contribution in [2.45, 2.75) is 67.0 Å². The molecule has 1 amide bonds. The van der Waals surface area contributed by atoms with Crippen LogP contribution in [0.1, 0.15) is 54.4 Å². The molecule has 0 saturated heterocycles. The first-order chi connectivity index (χ1) is 18.0. The van der Waals surface area contributed by atoms with Crippen LogP contribution in [0.15, 0.2) is 47.4 Å². The smallest absolute Gasteiger partial charge is 0.412 e. The fourth-order valence-corrected chi connectivity index (χ4v) is 3.84. The fraction of sp³-hybridized carbons (Fsp3) is 0.448. The van der Waals surface area contributed by atoms with Crippen molar-refractivity contribution in [3.8, 4) is 16.9 Å².